The SMILES string of the molecule is CNC(=O)c1cc(C2CCC(CNC(=O)c3cc(C4CC4)on3)CC2)nc2ccccc12. The number of amides is 2. The van der Waals surface area contributed by atoms with Gasteiger partial charge in [0.25, 0.3) is 11.8 Å². The molecule has 0 unspecified atom stereocenters. The van der Waals surface area contributed by atoms with Crippen molar-refractivity contribution in [3.63, 3.8) is 0 Å². The van der Waals surface area contributed by atoms with Crippen molar-refractivity contribution in [2.75, 3.05) is 13.6 Å². The van der Waals surface area contributed by atoms with Gasteiger partial charge in [0.15, 0.2) is 5.69 Å². The first kappa shape index (κ1) is 20.7. The van der Waals surface area contributed by atoms with E-state index >= 15 is 0 Å². The summed E-state index contributed by atoms with van der Waals surface area (Å²) in [7, 11) is 1.66. The number of nitrogens with zero attached hydrogens (tertiary/aromatic N) is 2. The second kappa shape index (κ2) is 8.73. The van der Waals surface area contributed by atoms with E-state index < -0.39 is 0 Å². The number of fused-ring (bicyclic) bond motifs is 1. The fourth-order valence-electron chi connectivity index (χ4n) is 4.67. The van der Waals surface area contributed by atoms with E-state index in [1.165, 1.54) is 0 Å². The summed E-state index contributed by atoms with van der Waals surface area (Å²) in [5.41, 5.74) is 2.90. The van der Waals surface area contributed by atoms with Crippen molar-refractivity contribution in [1.82, 2.24) is 20.8 Å². The lowest BCUT2D eigenvalue weighted by atomic mass is 9.80. The van der Waals surface area contributed by atoms with Crippen LogP contribution in [0, 0.1) is 5.92 Å². The Bertz CT molecular complexity index is 1140. The van der Waals surface area contributed by atoms with Crippen LogP contribution in [-0.4, -0.2) is 35.5 Å². The van der Waals surface area contributed by atoms with Gasteiger partial charge in [-0.3, -0.25) is 14.6 Å². The van der Waals surface area contributed by atoms with E-state index in [1.54, 1.807) is 13.1 Å². The van der Waals surface area contributed by atoms with Crippen LogP contribution in [0.1, 0.15) is 82.7 Å². The van der Waals surface area contributed by atoms with Crippen LogP contribution in [0.2, 0.25) is 0 Å². The summed E-state index contributed by atoms with van der Waals surface area (Å²) in [6, 6.07) is 11.5. The first-order valence-electron chi connectivity index (χ1n) is 11.5. The van der Waals surface area contributed by atoms with Crippen molar-refractivity contribution in [3.05, 3.63) is 59.1 Å². The maximum Gasteiger partial charge on any atom is 0.273 e. The lowest BCUT2D eigenvalue weighted by molar-refractivity contribution is 0.0932. The standard InChI is InChI=1S/C25H28N4O3/c1-26-24(30)19-12-21(28-20-5-3-2-4-18(19)20)16-8-6-15(7-9-16)14-27-25(31)22-13-23(32-29-22)17-10-11-17/h2-5,12-13,15-17H,6-11,14H2,1H3,(H,26,30)(H,27,31). The van der Waals surface area contributed by atoms with E-state index in [9.17, 15) is 9.59 Å². The lowest BCUT2D eigenvalue weighted by Crippen LogP contribution is -2.31. The smallest absolute Gasteiger partial charge is 0.273 e. The maximum atomic E-state index is 12.4. The Morgan fingerprint density at radius 2 is 1.75 bits per heavy atom. The van der Waals surface area contributed by atoms with Crippen molar-refractivity contribution in [2.24, 2.45) is 5.92 Å². The van der Waals surface area contributed by atoms with Gasteiger partial charge in [-0.25, -0.2) is 0 Å². The Balaban J connectivity index is 1.20. The zero-order chi connectivity index (χ0) is 22.1. The molecule has 0 spiro atoms. The number of aromatic nitrogens is 2. The number of hydrogen-bond acceptors (Lipinski definition) is 5. The summed E-state index contributed by atoms with van der Waals surface area (Å²) in [6.45, 7) is 0.645. The van der Waals surface area contributed by atoms with E-state index in [0.29, 0.717) is 35.6 Å². The van der Waals surface area contributed by atoms with Crippen LogP contribution in [-0.2, 0) is 0 Å². The van der Waals surface area contributed by atoms with Gasteiger partial charge in [-0.05, 0) is 56.6 Å². The minimum atomic E-state index is -0.158. The largest absolute Gasteiger partial charge is 0.360 e. The average molecular weight is 433 g/mol. The highest BCUT2D eigenvalue weighted by molar-refractivity contribution is 6.06. The summed E-state index contributed by atoms with van der Waals surface area (Å²) >= 11 is 0. The van der Waals surface area contributed by atoms with Crippen LogP contribution < -0.4 is 10.6 Å². The maximum absolute atomic E-state index is 12.4. The summed E-state index contributed by atoms with van der Waals surface area (Å²) in [4.78, 5) is 29.7. The highest BCUT2D eigenvalue weighted by Gasteiger charge is 2.29. The third-order valence-electron chi connectivity index (χ3n) is 6.76. The second-order valence-corrected chi connectivity index (χ2v) is 9.01. The van der Waals surface area contributed by atoms with Gasteiger partial charge < -0.3 is 15.2 Å². The van der Waals surface area contributed by atoms with E-state index in [-0.39, 0.29) is 11.8 Å². The molecule has 1 aromatic carbocycles. The zero-order valence-corrected chi connectivity index (χ0v) is 18.3. The number of para-hydroxylation sites is 1. The van der Waals surface area contributed by atoms with Gasteiger partial charge in [0.1, 0.15) is 5.76 Å². The van der Waals surface area contributed by atoms with Crippen LogP contribution in [0.3, 0.4) is 0 Å². The van der Waals surface area contributed by atoms with Crippen molar-refractivity contribution in [1.29, 1.82) is 0 Å². The molecule has 0 radical (unpaired) electrons. The monoisotopic (exact) mass is 432 g/mol. The summed E-state index contributed by atoms with van der Waals surface area (Å²) in [5.74, 6) is 1.80. The quantitative estimate of drug-likeness (QED) is 0.609. The van der Waals surface area contributed by atoms with Gasteiger partial charge in [-0.2, -0.15) is 0 Å². The fraction of sp³-hybridized carbons (Fsp3) is 0.440. The molecular weight excluding hydrogens is 404 g/mol. The fourth-order valence-corrected chi connectivity index (χ4v) is 4.67. The van der Waals surface area contributed by atoms with Gasteiger partial charge in [0.05, 0.1) is 11.1 Å². The van der Waals surface area contributed by atoms with E-state index in [4.69, 9.17) is 9.51 Å². The Morgan fingerprint density at radius 3 is 2.50 bits per heavy atom. The number of rotatable bonds is 6. The van der Waals surface area contributed by atoms with Crippen molar-refractivity contribution in [3.8, 4) is 0 Å². The predicted octanol–water partition coefficient (Wildman–Crippen LogP) is 4.16. The number of pyridine rings is 1. The van der Waals surface area contributed by atoms with Crippen molar-refractivity contribution >= 4 is 22.7 Å². The average Bonchev–Trinajstić information content (AvgIpc) is 3.57. The molecule has 7 heteroatoms. The van der Waals surface area contributed by atoms with E-state index in [2.05, 4.69) is 15.8 Å². The third-order valence-corrected chi connectivity index (χ3v) is 6.76. The molecule has 2 aliphatic rings. The number of carbonyl (C=O) groups is 2. The molecule has 0 saturated heterocycles. The molecule has 2 fully saturated rings. The molecule has 2 aliphatic carbocycles. The Labute approximate surface area is 187 Å². The molecular formula is C25H28N4O3. The topological polar surface area (TPSA) is 97.1 Å². The minimum Gasteiger partial charge on any atom is -0.360 e. The molecule has 0 bridgehead atoms. The molecule has 0 aliphatic heterocycles. The molecule has 2 heterocycles. The summed E-state index contributed by atoms with van der Waals surface area (Å²) in [6.07, 6.45) is 6.26. The lowest BCUT2D eigenvalue weighted by Gasteiger charge is -2.28. The second-order valence-electron chi connectivity index (χ2n) is 9.01. The molecule has 0 atom stereocenters. The van der Waals surface area contributed by atoms with Gasteiger partial charge >= 0.3 is 0 Å². The van der Waals surface area contributed by atoms with Crippen molar-refractivity contribution < 1.29 is 14.1 Å². The van der Waals surface area contributed by atoms with E-state index in [0.717, 1.165) is 60.9 Å². The van der Waals surface area contributed by atoms with Gasteiger partial charge in [0, 0.05) is 42.6 Å². The summed E-state index contributed by atoms with van der Waals surface area (Å²) < 4.78 is 5.28. The Kier molecular flexibility index (Phi) is 5.64. The van der Waals surface area contributed by atoms with Gasteiger partial charge in [-0.1, -0.05) is 23.4 Å². The molecule has 166 valence electrons. The van der Waals surface area contributed by atoms with Crippen molar-refractivity contribution in [2.45, 2.75) is 50.4 Å². The van der Waals surface area contributed by atoms with Crippen LogP contribution in [0.25, 0.3) is 10.9 Å². The van der Waals surface area contributed by atoms with Crippen LogP contribution in [0.15, 0.2) is 40.9 Å². The summed E-state index contributed by atoms with van der Waals surface area (Å²) in [5, 5.41) is 10.6. The highest BCUT2D eigenvalue weighted by atomic mass is 16.5. The van der Waals surface area contributed by atoms with Crippen LogP contribution in [0.5, 0.6) is 0 Å². The third kappa shape index (κ3) is 4.24. The normalized spacial score (nSPS) is 20.8. The zero-order valence-electron chi connectivity index (χ0n) is 18.3. The molecule has 32 heavy (non-hydrogen) atoms. The van der Waals surface area contributed by atoms with Gasteiger partial charge in [0.2, 0.25) is 0 Å². The number of benzene rings is 1. The molecule has 5 rings (SSSR count). The molecule has 2 amide bonds. The van der Waals surface area contributed by atoms with Crippen LogP contribution >= 0.6 is 0 Å². The Morgan fingerprint density at radius 1 is 1.00 bits per heavy atom. The Hall–Kier alpha value is -3.22. The molecule has 2 aromatic heterocycles. The molecule has 2 N–H and O–H groups in total. The predicted molar refractivity (Wildman–Crippen MR) is 121 cm³/mol. The molecule has 3 aromatic rings. The first-order valence-corrected chi connectivity index (χ1v) is 11.5. The van der Waals surface area contributed by atoms with Crippen LogP contribution in [0.4, 0.5) is 0 Å². The van der Waals surface area contributed by atoms with E-state index in [1.807, 2.05) is 30.3 Å². The highest BCUT2D eigenvalue weighted by Crippen LogP contribution is 2.40. The molecule has 2 saturated carbocycles. The number of nitrogens with one attached hydrogen (secondary N) is 2. The number of carbonyl (C=O) groups excluding carboxylic acids is 2. The first-order chi connectivity index (χ1) is 15.6. The number of hydrogen-bond donors (Lipinski definition) is 2. The molecule has 7 nitrogen and oxygen atoms in total. The van der Waals surface area contributed by atoms with Gasteiger partial charge in [-0.15, -0.1) is 0 Å². The minimum absolute atomic E-state index is 0.0843.